The van der Waals surface area contributed by atoms with Crippen LogP contribution in [0.2, 0.25) is 0 Å². The molecule has 1 N–H and O–H groups in total. The van der Waals surface area contributed by atoms with Gasteiger partial charge in [-0.15, -0.1) is 0 Å². The predicted octanol–water partition coefficient (Wildman–Crippen LogP) is 4.40. The van der Waals surface area contributed by atoms with Gasteiger partial charge in [-0.2, -0.15) is 0 Å². The fraction of sp³-hybridized carbons (Fsp3) is 0.222. The Balaban J connectivity index is 1.57. The van der Waals surface area contributed by atoms with Crippen LogP contribution >= 0.6 is 0 Å². The molecule has 7 heteroatoms. The van der Waals surface area contributed by atoms with E-state index in [1.165, 1.54) is 6.08 Å². The molecule has 0 spiro atoms. The summed E-state index contributed by atoms with van der Waals surface area (Å²) in [5.41, 5.74) is 2.61. The summed E-state index contributed by atoms with van der Waals surface area (Å²) in [5.74, 6) is 2.98. The van der Waals surface area contributed by atoms with Gasteiger partial charge in [-0.1, -0.05) is 24.3 Å². The van der Waals surface area contributed by atoms with E-state index in [4.69, 9.17) is 23.7 Å². The van der Waals surface area contributed by atoms with Crippen LogP contribution in [-0.2, 0) is 4.79 Å². The Morgan fingerprint density at radius 1 is 0.853 bits per heavy atom. The van der Waals surface area contributed by atoms with Crippen LogP contribution in [0.4, 0.5) is 0 Å². The fourth-order valence-electron chi connectivity index (χ4n) is 3.70. The van der Waals surface area contributed by atoms with E-state index in [1.54, 1.807) is 27.4 Å². The smallest absolute Gasteiger partial charge is 0.244 e. The van der Waals surface area contributed by atoms with Crippen molar-refractivity contribution in [1.82, 2.24) is 5.32 Å². The van der Waals surface area contributed by atoms with Gasteiger partial charge in [0.05, 0.1) is 27.4 Å². The number of hydrogen-bond acceptors (Lipinski definition) is 6. The number of benzene rings is 3. The van der Waals surface area contributed by atoms with Crippen LogP contribution in [-0.4, -0.2) is 40.5 Å². The Morgan fingerprint density at radius 2 is 1.44 bits per heavy atom. The summed E-state index contributed by atoms with van der Waals surface area (Å²) in [6, 6.07) is 18.5. The Hall–Kier alpha value is -4.13. The minimum absolute atomic E-state index is 0.245. The second-order valence-electron chi connectivity index (χ2n) is 7.57. The Kier molecular flexibility index (Phi) is 7.22. The van der Waals surface area contributed by atoms with E-state index in [2.05, 4.69) is 5.32 Å². The van der Waals surface area contributed by atoms with Gasteiger partial charge in [-0.3, -0.25) is 4.79 Å². The van der Waals surface area contributed by atoms with E-state index < -0.39 is 0 Å². The number of rotatable bonds is 8. The standard InChI is InChI=1S/C27H27NO6/c1-30-21-9-5-19(6-10-21)26(20-7-11-22(31-2)12-8-20)28-25(29)13-4-18-16-23(32-3)27-24(17-18)33-14-15-34-27/h4-13,16-17,26H,14-15H2,1-3H3,(H,28,29)/b13-4+. The van der Waals surface area contributed by atoms with Crippen molar-refractivity contribution in [2.45, 2.75) is 6.04 Å². The molecule has 0 saturated heterocycles. The van der Waals surface area contributed by atoms with Gasteiger partial charge in [0.25, 0.3) is 0 Å². The Labute approximate surface area is 198 Å². The molecule has 1 amide bonds. The van der Waals surface area contributed by atoms with Crippen LogP contribution in [0.25, 0.3) is 6.08 Å². The van der Waals surface area contributed by atoms with Crippen molar-refractivity contribution in [3.8, 4) is 28.7 Å². The van der Waals surface area contributed by atoms with E-state index in [1.807, 2.05) is 60.7 Å². The Morgan fingerprint density at radius 3 is 2.00 bits per heavy atom. The molecule has 7 nitrogen and oxygen atoms in total. The zero-order valence-corrected chi connectivity index (χ0v) is 19.4. The van der Waals surface area contributed by atoms with Gasteiger partial charge in [0.1, 0.15) is 24.7 Å². The van der Waals surface area contributed by atoms with Crippen LogP contribution in [0.1, 0.15) is 22.7 Å². The second kappa shape index (κ2) is 10.7. The van der Waals surface area contributed by atoms with Crippen molar-refractivity contribution >= 4 is 12.0 Å². The quantitative estimate of drug-likeness (QED) is 0.501. The lowest BCUT2D eigenvalue weighted by atomic mass is 9.98. The predicted molar refractivity (Wildman–Crippen MR) is 129 cm³/mol. The molecule has 1 aliphatic rings. The summed E-state index contributed by atoms with van der Waals surface area (Å²) in [7, 11) is 4.81. The molecule has 4 rings (SSSR count). The molecule has 3 aromatic carbocycles. The van der Waals surface area contributed by atoms with Gasteiger partial charge < -0.3 is 29.0 Å². The van der Waals surface area contributed by atoms with Crippen molar-refractivity contribution in [2.24, 2.45) is 0 Å². The number of carbonyl (C=O) groups is 1. The second-order valence-corrected chi connectivity index (χ2v) is 7.57. The molecule has 0 atom stereocenters. The largest absolute Gasteiger partial charge is 0.497 e. The van der Waals surface area contributed by atoms with Crippen molar-refractivity contribution in [3.05, 3.63) is 83.4 Å². The summed E-state index contributed by atoms with van der Waals surface area (Å²) in [4.78, 5) is 12.9. The number of fused-ring (bicyclic) bond motifs is 1. The summed E-state index contributed by atoms with van der Waals surface area (Å²) in [6.07, 6.45) is 3.21. The summed E-state index contributed by atoms with van der Waals surface area (Å²) < 4.78 is 27.3. The summed E-state index contributed by atoms with van der Waals surface area (Å²) in [6.45, 7) is 0.939. The van der Waals surface area contributed by atoms with E-state index in [9.17, 15) is 4.79 Å². The molecule has 0 aliphatic carbocycles. The van der Waals surface area contributed by atoms with Crippen LogP contribution < -0.4 is 29.0 Å². The molecule has 0 radical (unpaired) electrons. The highest BCUT2D eigenvalue weighted by atomic mass is 16.6. The number of hydrogen-bond donors (Lipinski definition) is 1. The molecule has 1 aliphatic heterocycles. The molecular weight excluding hydrogens is 434 g/mol. The van der Waals surface area contributed by atoms with Gasteiger partial charge in [-0.05, 0) is 59.2 Å². The van der Waals surface area contributed by atoms with Crippen molar-refractivity contribution in [3.63, 3.8) is 0 Å². The summed E-state index contributed by atoms with van der Waals surface area (Å²) in [5, 5.41) is 3.09. The number of carbonyl (C=O) groups excluding carboxylic acids is 1. The topological polar surface area (TPSA) is 75.3 Å². The van der Waals surface area contributed by atoms with Gasteiger partial charge >= 0.3 is 0 Å². The number of nitrogens with one attached hydrogen (secondary N) is 1. The van der Waals surface area contributed by atoms with Gasteiger partial charge in [0, 0.05) is 6.08 Å². The van der Waals surface area contributed by atoms with Crippen molar-refractivity contribution in [2.75, 3.05) is 34.5 Å². The molecule has 3 aromatic rings. The minimum atomic E-state index is -0.358. The third kappa shape index (κ3) is 5.26. The molecule has 0 saturated carbocycles. The van der Waals surface area contributed by atoms with Crippen molar-refractivity contribution < 1.29 is 28.5 Å². The highest BCUT2D eigenvalue weighted by molar-refractivity contribution is 5.92. The normalized spacial score (nSPS) is 12.5. The van der Waals surface area contributed by atoms with E-state index >= 15 is 0 Å². The van der Waals surface area contributed by atoms with Crippen LogP contribution in [0.3, 0.4) is 0 Å². The molecule has 0 fully saturated rings. The molecule has 0 aromatic heterocycles. The number of amides is 1. The maximum Gasteiger partial charge on any atom is 0.244 e. The maximum atomic E-state index is 12.9. The monoisotopic (exact) mass is 461 g/mol. The molecular formula is C27H27NO6. The van der Waals surface area contributed by atoms with Gasteiger partial charge in [0.2, 0.25) is 11.7 Å². The van der Waals surface area contributed by atoms with Crippen LogP contribution in [0.15, 0.2) is 66.7 Å². The maximum absolute atomic E-state index is 12.9. The van der Waals surface area contributed by atoms with Crippen molar-refractivity contribution in [1.29, 1.82) is 0 Å². The SMILES string of the molecule is COc1ccc(C(NC(=O)/C=C/c2cc(OC)c3c(c2)OCCO3)c2ccc(OC)cc2)cc1. The fourth-order valence-corrected chi connectivity index (χ4v) is 3.70. The molecule has 176 valence electrons. The first-order valence-corrected chi connectivity index (χ1v) is 10.9. The average molecular weight is 462 g/mol. The number of methoxy groups -OCH3 is 3. The highest BCUT2D eigenvalue weighted by Gasteiger charge is 2.19. The molecule has 34 heavy (non-hydrogen) atoms. The number of ether oxygens (including phenoxy) is 5. The van der Waals surface area contributed by atoms with Crippen LogP contribution in [0, 0.1) is 0 Å². The lowest BCUT2D eigenvalue weighted by Gasteiger charge is -2.21. The first-order chi connectivity index (χ1) is 16.6. The zero-order chi connectivity index (χ0) is 23.9. The highest BCUT2D eigenvalue weighted by Crippen LogP contribution is 2.40. The van der Waals surface area contributed by atoms with Crippen LogP contribution in [0.5, 0.6) is 28.7 Å². The van der Waals surface area contributed by atoms with E-state index in [0.29, 0.717) is 30.5 Å². The lowest BCUT2D eigenvalue weighted by Crippen LogP contribution is -2.27. The Bertz CT molecular complexity index is 1090. The molecule has 0 bridgehead atoms. The average Bonchev–Trinajstić information content (AvgIpc) is 2.90. The first kappa shape index (κ1) is 23.0. The van der Waals surface area contributed by atoms with E-state index in [-0.39, 0.29) is 11.9 Å². The molecule has 1 heterocycles. The molecule has 0 unspecified atom stereocenters. The van der Waals surface area contributed by atoms with E-state index in [0.717, 1.165) is 28.2 Å². The third-order valence-corrected chi connectivity index (χ3v) is 5.46. The first-order valence-electron chi connectivity index (χ1n) is 10.9. The summed E-state index contributed by atoms with van der Waals surface area (Å²) >= 11 is 0. The third-order valence-electron chi connectivity index (χ3n) is 5.46. The van der Waals surface area contributed by atoms with Gasteiger partial charge in [-0.25, -0.2) is 0 Å². The lowest BCUT2D eigenvalue weighted by molar-refractivity contribution is -0.116. The van der Waals surface area contributed by atoms with Gasteiger partial charge in [0.15, 0.2) is 11.5 Å². The zero-order valence-electron chi connectivity index (χ0n) is 19.4. The minimum Gasteiger partial charge on any atom is -0.497 e.